The van der Waals surface area contributed by atoms with E-state index in [0.717, 1.165) is 13.3 Å². The highest BCUT2D eigenvalue weighted by Gasteiger charge is 2.59. The first-order valence-corrected chi connectivity index (χ1v) is 8.90. The van der Waals surface area contributed by atoms with Crippen molar-refractivity contribution in [3.63, 3.8) is 0 Å². The molecular weight excluding hydrogens is 299 g/mol. The summed E-state index contributed by atoms with van der Waals surface area (Å²) in [6.07, 6.45) is 0.786. The van der Waals surface area contributed by atoms with Gasteiger partial charge in [-0.25, -0.2) is 12.8 Å². The number of rotatable bonds is 5. The van der Waals surface area contributed by atoms with E-state index >= 15 is 0 Å². The van der Waals surface area contributed by atoms with E-state index in [1.54, 1.807) is 0 Å². The summed E-state index contributed by atoms with van der Waals surface area (Å²) in [4.78, 5) is 11.0. The summed E-state index contributed by atoms with van der Waals surface area (Å²) in [5.41, 5.74) is 0. The van der Waals surface area contributed by atoms with E-state index < -0.39 is 41.7 Å². The zero-order valence-electron chi connectivity index (χ0n) is 10.5. The third kappa shape index (κ3) is 3.14. The molecule has 6 nitrogen and oxygen atoms in total. The third-order valence-electron chi connectivity index (χ3n) is 3.26. The van der Waals surface area contributed by atoms with Crippen LogP contribution >= 0.6 is 0 Å². The first-order valence-electron chi connectivity index (χ1n) is 5.91. The SMILES string of the molecule is CC(=O)CC(F)(S(=O)(=O)O)S(=O)(=O)C1CCCCC1. The molecule has 0 aromatic heterocycles. The summed E-state index contributed by atoms with van der Waals surface area (Å²) >= 11 is 0. The van der Waals surface area contributed by atoms with Crippen LogP contribution in [0.2, 0.25) is 0 Å². The minimum absolute atomic E-state index is 0.140. The zero-order valence-corrected chi connectivity index (χ0v) is 12.1. The van der Waals surface area contributed by atoms with Crippen LogP contribution in [0.3, 0.4) is 0 Å². The molecule has 0 aliphatic heterocycles. The smallest absolute Gasteiger partial charge is 0.300 e. The largest absolute Gasteiger partial charge is 0.340 e. The van der Waals surface area contributed by atoms with E-state index in [4.69, 9.17) is 4.55 Å². The molecule has 9 heteroatoms. The summed E-state index contributed by atoms with van der Waals surface area (Å²) < 4.78 is 65.9. The fourth-order valence-electron chi connectivity index (χ4n) is 2.26. The van der Waals surface area contributed by atoms with Gasteiger partial charge in [-0.1, -0.05) is 19.3 Å². The quantitative estimate of drug-likeness (QED) is 0.765. The molecule has 1 aliphatic carbocycles. The first kappa shape index (κ1) is 16.5. The van der Waals surface area contributed by atoms with Gasteiger partial charge in [-0.05, 0) is 19.8 Å². The summed E-state index contributed by atoms with van der Waals surface area (Å²) in [6, 6.07) is 0. The standard InChI is InChI=1S/C10H17FO6S2/c1-8(12)7-10(11,19(15,16)17)18(13,14)9-5-3-2-4-6-9/h9H,2-7H2,1H3,(H,15,16,17). The molecule has 0 heterocycles. The van der Waals surface area contributed by atoms with E-state index in [1.165, 1.54) is 0 Å². The molecule has 19 heavy (non-hydrogen) atoms. The Kier molecular flexibility index (Phi) is 4.74. The van der Waals surface area contributed by atoms with Crippen molar-refractivity contribution in [2.75, 3.05) is 0 Å². The van der Waals surface area contributed by atoms with E-state index in [1.807, 2.05) is 0 Å². The second-order valence-electron chi connectivity index (χ2n) is 4.82. The lowest BCUT2D eigenvalue weighted by Gasteiger charge is -2.29. The van der Waals surface area contributed by atoms with Crippen LogP contribution in [0.25, 0.3) is 0 Å². The normalized spacial score (nSPS) is 21.8. The second kappa shape index (κ2) is 5.45. The average Bonchev–Trinajstić information content (AvgIpc) is 2.27. The first-order chi connectivity index (χ1) is 8.52. The van der Waals surface area contributed by atoms with Gasteiger partial charge >= 0.3 is 14.5 Å². The van der Waals surface area contributed by atoms with Crippen molar-refractivity contribution in [1.82, 2.24) is 0 Å². The van der Waals surface area contributed by atoms with E-state index in [2.05, 4.69) is 0 Å². The Morgan fingerprint density at radius 1 is 1.21 bits per heavy atom. The number of ketones is 1. The van der Waals surface area contributed by atoms with Gasteiger partial charge < -0.3 is 0 Å². The van der Waals surface area contributed by atoms with Gasteiger partial charge in [0.2, 0.25) is 9.84 Å². The van der Waals surface area contributed by atoms with Crippen molar-refractivity contribution in [1.29, 1.82) is 0 Å². The minimum atomic E-state index is -5.54. The third-order valence-corrected chi connectivity index (χ3v) is 7.85. The zero-order chi connectivity index (χ0) is 14.9. The van der Waals surface area contributed by atoms with Gasteiger partial charge in [0.1, 0.15) is 5.78 Å². The lowest BCUT2D eigenvalue weighted by atomic mass is 10.0. The molecule has 0 bridgehead atoms. The van der Waals surface area contributed by atoms with Gasteiger partial charge in [0.25, 0.3) is 0 Å². The molecule has 0 spiro atoms. The average molecular weight is 316 g/mol. The van der Waals surface area contributed by atoms with Crippen LogP contribution in [0, 0.1) is 0 Å². The van der Waals surface area contributed by atoms with Crippen LogP contribution < -0.4 is 0 Å². The molecule has 1 N–H and O–H groups in total. The van der Waals surface area contributed by atoms with Crippen molar-refractivity contribution in [2.45, 2.75) is 55.0 Å². The summed E-state index contributed by atoms with van der Waals surface area (Å²) in [6.45, 7) is 0.871. The van der Waals surface area contributed by atoms with Gasteiger partial charge in [-0.2, -0.15) is 8.42 Å². The van der Waals surface area contributed by atoms with Crippen molar-refractivity contribution in [3.05, 3.63) is 0 Å². The molecule has 1 fully saturated rings. The number of hydrogen-bond acceptors (Lipinski definition) is 5. The molecule has 0 amide bonds. The number of carbonyl (C=O) groups excluding carboxylic acids is 1. The second-order valence-corrected chi connectivity index (χ2v) is 9.08. The topological polar surface area (TPSA) is 106 Å². The van der Waals surface area contributed by atoms with Crippen LogP contribution in [0.15, 0.2) is 0 Å². The van der Waals surface area contributed by atoms with Crippen molar-refractivity contribution < 1.29 is 30.6 Å². The lowest BCUT2D eigenvalue weighted by Crippen LogP contribution is -2.48. The highest BCUT2D eigenvalue weighted by atomic mass is 32.3. The van der Waals surface area contributed by atoms with Gasteiger partial charge in [-0.15, -0.1) is 0 Å². The summed E-state index contributed by atoms with van der Waals surface area (Å²) in [7, 11) is -10.3. The molecule has 0 aromatic rings. The Balaban J connectivity index is 3.27. The summed E-state index contributed by atoms with van der Waals surface area (Å²) in [5.74, 6) is -0.959. The number of sulfone groups is 1. The highest BCUT2D eigenvalue weighted by Crippen LogP contribution is 2.38. The number of Topliss-reactive ketones (excluding diaryl/α,β-unsaturated/α-hetero) is 1. The fraction of sp³-hybridized carbons (Fsp3) is 0.900. The predicted molar refractivity (Wildman–Crippen MR) is 66.5 cm³/mol. The molecule has 1 atom stereocenters. The molecule has 1 unspecified atom stereocenters. The van der Waals surface area contributed by atoms with Crippen molar-refractivity contribution in [3.8, 4) is 0 Å². The van der Waals surface area contributed by atoms with Crippen LogP contribution in [-0.4, -0.2) is 36.8 Å². The lowest BCUT2D eigenvalue weighted by molar-refractivity contribution is -0.117. The highest BCUT2D eigenvalue weighted by molar-refractivity contribution is 8.08. The summed E-state index contributed by atoms with van der Waals surface area (Å²) in [5, 5.41) is -1.17. The number of alkyl halides is 1. The maximum Gasteiger partial charge on any atom is 0.340 e. The van der Waals surface area contributed by atoms with Crippen molar-refractivity contribution in [2.24, 2.45) is 0 Å². The molecule has 1 rings (SSSR count). The van der Waals surface area contributed by atoms with Gasteiger partial charge in [0, 0.05) is 0 Å². The molecule has 112 valence electrons. The Hall–Kier alpha value is -0.540. The van der Waals surface area contributed by atoms with Crippen LogP contribution in [0.5, 0.6) is 0 Å². The van der Waals surface area contributed by atoms with Gasteiger partial charge in [0.05, 0.1) is 11.7 Å². The monoisotopic (exact) mass is 316 g/mol. The molecule has 1 aliphatic rings. The number of halogens is 1. The molecule has 0 radical (unpaired) electrons. The Labute approximate surface area is 112 Å². The van der Waals surface area contributed by atoms with Crippen LogP contribution in [0.1, 0.15) is 45.4 Å². The van der Waals surface area contributed by atoms with Gasteiger partial charge in [-0.3, -0.25) is 9.35 Å². The maximum absolute atomic E-state index is 14.5. The fourth-order valence-corrected chi connectivity index (χ4v) is 6.08. The Morgan fingerprint density at radius 2 is 1.68 bits per heavy atom. The van der Waals surface area contributed by atoms with E-state index in [9.17, 15) is 26.0 Å². The molecule has 0 saturated heterocycles. The van der Waals surface area contributed by atoms with Gasteiger partial charge in [0.15, 0.2) is 0 Å². The Bertz CT molecular complexity index is 547. The van der Waals surface area contributed by atoms with Crippen LogP contribution in [-0.2, 0) is 24.7 Å². The van der Waals surface area contributed by atoms with E-state index in [0.29, 0.717) is 12.8 Å². The number of carbonyl (C=O) groups is 1. The molecule has 0 aromatic carbocycles. The minimum Gasteiger partial charge on any atom is -0.300 e. The molecule has 1 saturated carbocycles. The van der Waals surface area contributed by atoms with Crippen LogP contribution in [0.4, 0.5) is 4.39 Å². The Morgan fingerprint density at radius 3 is 2.05 bits per heavy atom. The number of hydrogen-bond donors (Lipinski definition) is 1. The maximum atomic E-state index is 14.5. The molecular formula is C10H17FO6S2. The van der Waals surface area contributed by atoms with Crippen molar-refractivity contribution >= 4 is 25.7 Å². The predicted octanol–water partition coefficient (Wildman–Crippen LogP) is 1.22. The van der Waals surface area contributed by atoms with E-state index in [-0.39, 0.29) is 12.8 Å².